The molecule has 1 rings (SSSR count). The SMILES string of the molecule is CCCC(CO)Cc1ccn(C)n1. The molecule has 0 radical (unpaired) electrons. The molecule has 0 spiro atoms. The number of nitrogens with zero attached hydrogens (tertiary/aromatic N) is 2. The second kappa shape index (κ2) is 5.02. The Morgan fingerprint density at radius 3 is 2.85 bits per heavy atom. The van der Waals surface area contributed by atoms with Gasteiger partial charge in [-0.05, 0) is 24.8 Å². The Morgan fingerprint density at radius 2 is 2.38 bits per heavy atom. The minimum Gasteiger partial charge on any atom is -0.396 e. The highest BCUT2D eigenvalue weighted by Gasteiger charge is 2.08. The van der Waals surface area contributed by atoms with E-state index in [0.717, 1.165) is 25.0 Å². The number of aromatic nitrogens is 2. The molecule has 3 nitrogen and oxygen atoms in total. The molecule has 1 aromatic rings. The van der Waals surface area contributed by atoms with Crippen LogP contribution in [0.2, 0.25) is 0 Å². The third-order valence-corrected chi connectivity index (χ3v) is 2.22. The van der Waals surface area contributed by atoms with Gasteiger partial charge in [0.05, 0.1) is 5.69 Å². The smallest absolute Gasteiger partial charge is 0.0628 e. The number of rotatable bonds is 5. The Labute approximate surface area is 79.4 Å². The molecule has 0 bridgehead atoms. The van der Waals surface area contributed by atoms with Gasteiger partial charge in [0.1, 0.15) is 0 Å². The van der Waals surface area contributed by atoms with Crippen molar-refractivity contribution in [3.63, 3.8) is 0 Å². The summed E-state index contributed by atoms with van der Waals surface area (Å²) in [6.45, 7) is 2.41. The maximum atomic E-state index is 9.09. The van der Waals surface area contributed by atoms with Crippen molar-refractivity contribution in [2.45, 2.75) is 26.2 Å². The van der Waals surface area contributed by atoms with Gasteiger partial charge in [0.25, 0.3) is 0 Å². The lowest BCUT2D eigenvalue weighted by Gasteiger charge is -2.10. The van der Waals surface area contributed by atoms with Crippen LogP contribution in [0.25, 0.3) is 0 Å². The Bertz CT molecular complexity index is 245. The van der Waals surface area contributed by atoms with E-state index in [0.29, 0.717) is 5.92 Å². The maximum absolute atomic E-state index is 9.09. The summed E-state index contributed by atoms with van der Waals surface area (Å²) >= 11 is 0. The van der Waals surface area contributed by atoms with E-state index < -0.39 is 0 Å². The van der Waals surface area contributed by atoms with Crippen LogP contribution in [0.3, 0.4) is 0 Å². The summed E-state index contributed by atoms with van der Waals surface area (Å²) in [7, 11) is 1.91. The van der Waals surface area contributed by atoms with Gasteiger partial charge in [-0.25, -0.2) is 0 Å². The quantitative estimate of drug-likeness (QED) is 0.747. The Morgan fingerprint density at radius 1 is 1.62 bits per heavy atom. The molecular weight excluding hydrogens is 164 g/mol. The van der Waals surface area contributed by atoms with Crippen molar-refractivity contribution in [1.82, 2.24) is 9.78 Å². The van der Waals surface area contributed by atoms with E-state index in [1.807, 2.05) is 19.3 Å². The van der Waals surface area contributed by atoms with E-state index >= 15 is 0 Å². The normalized spacial score (nSPS) is 13.2. The summed E-state index contributed by atoms with van der Waals surface area (Å²) in [6, 6.07) is 2.01. The van der Waals surface area contributed by atoms with E-state index in [-0.39, 0.29) is 6.61 Å². The van der Waals surface area contributed by atoms with Crippen molar-refractivity contribution in [2.75, 3.05) is 6.61 Å². The highest BCUT2D eigenvalue weighted by atomic mass is 16.3. The first-order valence-electron chi connectivity index (χ1n) is 4.85. The van der Waals surface area contributed by atoms with Gasteiger partial charge in [0.2, 0.25) is 0 Å². The fourth-order valence-electron chi connectivity index (χ4n) is 1.53. The average molecular weight is 182 g/mol. The fraction of sp³-hybridized carbons (Fsp3) is 0.700. The lowest BCUT2D eigenvalue weighted by molar-refractivity contribution is 0.216. The fourth-order valence-corrected chi connectivity index (χ4v) is 1.53. The first-order valence-corrected chi connectivity index (χ1v) is 4.85. The summed E-state index contributed by atoms with van der Waals surface area (Å²) < 4.78 is 1.80. The zero-order valence-corrected chi connectivity index (χ0v) is 8.40. The van der Waals surface area contributed by atoms with Gasteiger partial charge in [-0.1, -0.05) is 13.3 Å². The van der Waals surface area contributed by atoms with Crippen LogP contribution >= 0.6 is 0 Å². The first kappa shape index (κ1) is 10.3. The number of hydrogen-bond donors (Lipinski definition) is 1. The van der Waals surface area contributed by atoms with Gasteiger partial charge < -0.3 is 5.11 Å². The standard InChI is InChI=1S/C10H18N2O/c1-3-4-9(8-13)7-10-5-6-12(2)11-10/h5-6,9,13H,3-4,7-8H2,1-2H3. The molecule has 1 N–H and O–H groups in total. The Balaban J connectivity index is 2.46. The van der Waals surface area contributed by atoms with Gasteiger partial charge in [0, 0.05) is 19.9 Å². The number of aryl methyl sites for hydroxylation is 1. The summed E-state index contributed by atoms with van der Waals surface area (Å²) in [5.41, 5.74) is 1.08. The topological polar surface area (TPSA) is 38.0 Å². The van der Waals surface area contributed by atoms with Crippen molar-refractivity contribution in [1.29, 1.82) is 0 Å². The second-order valence-corrected chi connectivity index (χ2v) is 3.52. The van der Waals surface area contributed by atoms with Crippen LogP contribution < -0.4 is 0 Å². The third kappa shape index (κ3) is 3.19. The molecule has 0 aromatic carbocycles. The molecule has 1 heterocycles. The largest absolute Gasteiger partial charge is 0.396 e. The molecule has 1 unspecified atom stereocenters. The molecular formula is C10H18N2O. The molecule has 0 saturated heterocycles. The predicted molar refractivity (Wildman–Crippen MR) is 52.4 cm³/mol. The van der Waals surface area contributed by atoms with Crippen LogP contribution in [0, 0.1) is 5.92 Å². The van der Waals surface area contributed by atoms with E-state index in [1.54, 1.807) is 4.68 Å². The van der Waals surface area contributed by atoms with E-state index in [4.69, 9.17) is 5.11 Å². The van der Waals surface area contributed by atoms with Gasteiger partial charge in [-0.15, -0.1) is 0 Å². The van der Waals surface area contributed by atoms with Crippen molar-refractivity contribution < 1.29 is 5.11 Å². The number of hydrogen-bond acceptors (Lipinski definition) is 2. The summed E-state index contributed by atoms with van der Waals surface area (Å²) in [5.74, 6) is 0.375. The van der Waals surface area contributed by atoms with Crippen LogP contribution in [-0.2, 0) is 13.5 Å². The lowest BCUT2D eigenvalue weighted by atomic mass is 9.99. The van der Waals surface area contributed by atoms with Crippen LogP contribution in [0.1, 0.15) is 25.5 Å². The van der Waals surface area contributed by atoms with Gasteiger partial charge in [0.15, 0.2) is 0 Å². The summed E-state index contributed by atoms with van der Waals surface area (Å²) in [5, 5.41) is 13.4. The second-order valence-electron chi connectivity index (χ2n) is 3.52. The monoisotopic (exact) mass is 182 g/mol. The molecule has 0 amide bonds. The molecule has 1 atom stereocenters. The van der Waals surface area contributed by atoms with Crippen LogP contribution in [0.4, 0.5) is 0 Å². The molecule has 0 fully saturated rings. The Kier molecular flexibility index (Phi) is 3.96. The van der Waals surface area contributed by atoms with Crippen LogP contribution in [0.5, 0.6) is 0 Å². The Hall–Kier alpha value is -0.830. The first-order chi connectivity index (χ1) is 6.26. The van der Waals surface area contributed by atoms with E-state index in [9.17, 15) is 0 Å². The molecule has 13 heavy (non-hydrogen) atoms. The molecule has 74 valence electrons. The highest BCUT2D eigenvalue weighted by molar-refractivity contribution is 4.99. The lowest BCUT2D eigenvalue weighted by Crippen LogP contribution is -2.09. The molecule has 0 saturated carbocycles. The van der Waals surface area contributed by atoms with Crippen molar-refractivity contribution in [2.24, 2.45) is 13.0 Å². The van der Waals surface area contributed by atoms with E-state index in [1.165, 1.54) is 0 Å². The van der Waals surface area contributed by atoms with Crippen molar-refractivity contribution >= 4 is 0 Å². The van der Waals surface area contributed by atoms with E-state index in [2.05, 4.69) is 12.0 Å². The minimum absolute atomic E-state index is 0.268. The van der Waals surface area contributed by atoms with Crippen LogP contribution in [-0.4, -0.2) is 21.5 Å². The number of aliphatic hydroxyl groups excluding tert-OH is 1. The zero-order chi connectivity index (χ0) is 9.68. The predicted octanol–water partition coefficient (Wildman–Crippen LogP) is 1.37. The number of aliphatic hydroxyl groups is 1. The molecule has 1 aromatic heterocycles. The highest BCUT2D eigenvalue weighted by Crippen LogP contribution is 2.11. The molecule has 0 aliphatic carbocycles. The summed E-state index contributed by atoms with van der Waals surface area (Å²) in [4.78, 5) is 0. The van der Waals surface area contributed by atoms with Crippen LogP contribution in [0.15, 0.2) is 12.3 Å². The van der Waals surface area contributed by atoms with Gasteiger partial charge in [-0.3, -0.25) is 4.68 Å². The molecule has 0 aliphatic heterocycles. The van der Waals surface area contributed by atoms with Gasteiger partial charge >= 0.3 is 0 Å². The van der Waals surface area contributed by atoms with Gasteiger partial charge in [-0.2, -0.15) is 5.10 Å². The van der Waals surface area contributed by atoms with Crippen molar-refractivity contribution in [3.05, 3.63) is 18.0 Å². The van der Waals surface area contributed by atoms with Crippen molar-refractivity contribution in [3.8, 4) is 0 Å². The summed E-state index contributed by atoms with van der Waals surface area (Å²) in [6.07, 6.45) is 5.03. The minimum atomic E-state index is 0.268. The molecule has 0 aliphatic rings. The molecule has 3 heteroatoms. The maximum Gasteiger partial charge on any atom is 0.0628 e. The average Bonchev–Trinajstić information content (AvgIpc) is 2.50. The zero-order valence-electron chi connectivity index (χ0n) is 8.40. The third-order valence-electron chi connectivity index (χ3n) is 2.22.